The molecule has 0 spiro atoms. The van der Waals surface area contributed by atoms with E-state index in [1.165, 1.54) is 19.1 Å². The van der Waals surface area contributed by atoms with Crippen molar-refractivity contribution in [3.8, 4) is 0 Å². The Morgan fingerprint density at radius 3 is 2.63 bits per heavy atom. The van der Waals surface area contributed by atoms with Gasteiger partial charge in [-0.15, -0.1) is 0 Å². The van der Waals surface area contributed by atoms with Crippen LogP contribution in [0.1, 0.15) is 24.8 Å². The summed E-state index contributed by atoms with van der Waals surface area (Å²) in [6, 6.07) is 7.03. The second-order valence-corrected chi connectivity index (χ2v) is 7.03. The molecular formula is C14H21NO3S. The second-order valence-electron chi connectivity index (χ2n) is 5.02. The fraction of sp³-hybridized carbons (Fsp3) is 0.571. The van der Waals surface area contributed by atoms with Crippen LogP contribution in [-0.2, 0) is 21.1 Å². The smallest absolute Gasteiger partial charge is 0.175 e. The van der Waals surface area contributed by atoms with Crippen LogP contribution in [0.3, 0.4) is 0 Å². The summed E-state index contributed by atoms with van der Waals surface area (Å²) in [6.45, 7) is 2.59. The molecule has 1 heterocycles. The molecule has 19 heavy (non-hydrogen) atoms. The summed E-state index contributed by atoms with van der Waals surface area (Å²) >= 11 is 0. The summed E-state index contributed by atoms with van der Waals surface area (Å²) in [7, 11) is -3.09. The topological polar surface area (TPSA) is 55.4 Å². The molecule has 0 aliphatic carbocycles. The van der Waals surface area contributed by atoms with Crippen LogP contribution in [0.2, 0.25) is 0 Å². The van der Waals surface area contributed by atoms with Crippen molar-refractivity contribution >= 4 is 9.84 Å². The van der Waals surface area contributed by atoms with Crippen molar-refractivity contribution in [2.75, 3.05) is 19.4 Å². The van der Waals surface area contributed by atoms with E-state index in [9.17, 15) is 8.42 Å². The quantitative estimate of drug-likeness (QED) is 0.808. The third kappa shape index (κ3) is 4.60. The van der Waals surface area contributed by atoms with Gasteiger partial charge in [-0.25, -0.2) is 8.42 Å². The molecule has 0 amide bonds. The molecule has 1 N–H and O–H groups in total. The first kappa shape index (κ1) is 14.5. The van der Waals surface area contributed by atoms with Gasteiger partial charge in [-0.1, -0.05) is 12.1 Å². The van der Waals surface area contributed by atoms with E-state index >= 15 is 0 Å². The Morgan fingerprint density at radius 2 is 2.05 bits per heavy atom. The van der Waals surface area contributed by atoms with E-state index in [0.717, 1.165) is 31.7 Å². The molecule has 1 fully saturated rings. The number of rotatable bonds is 6. The van der Waals surface area contributed by atoms with Crippen LogP contribution >= 0.6 is 0 Å². The van der Waals surface area contributed by atoms with Crippen molar-refractivity contribution in [1.82, 2.24) is 5.32 Å². The summed E-state index contributed by atoms with van der Waals surface area (Å²) < 4.78 is 28.2. The second kappa shape index (κ2) is 6.50. The fourth-order valence-electron chi connectivity index (χ4n) is 2.22. The molecule has 0 aromatic heterocycles. The zero-order valence-electron chi connectivity index (χ0n) is 11.3. The zero-order valence-corrected chi connectivity index (χ0v) is 12.1. The minimum Gasteiger partial charge on any atom is -0.378 e. The lowest BCUT2D eigenvalue weighted by Crippen LogP contribution is -2.19. The van der Waals surface area contributed by atoms with Crippen LogP contribution in [0.15, 0.2) is 29.2 Å². The van der Waals surface area contributed by atoms with Gasteiger partial charge < -0.3 is 10.1 Å². The lowest BCUT2D eigenvalue weighted by Gasteiger charge is -2.10. The molecule has 1 saturated heterocycles. The third-order valence-corrected chi connectivity index (χ3v) is 4.48. The molecule has 106 valence electrons. The van der Waals surface area contributed by atoms with Gasteiger partial charge in [0.05, 0.1) is 11.0 Å². The van der Waals surface area contributed by atoms with E-state index in [4.69, 9.17) is 4.74 Å². The lowest BCUT2D eigenvalue weighted by atomic mass is 10.2. The average Bonchev–Trinajstić information content (AvgIpc) is 2.87. The summed E-state index contributed by atoms with van der Waals surface area (Å²) in [4.78, 5) is 0.371. The Labute approximate surface area is 115 Å². The third-order valence-electron chi connectivity index (χ3n) is 3.35. The Balaban J connectivity index is 1.74. The minimum absolute atomic E-state index is 0.371. The van der Waals surface area contributed by atoms with E-state index in [2.05, 4.69) is 5.32 Å². The van der Waals surface area contributed by atoms with Crippen molar-refractivity contribution in [2.45, 2.75) is 36.8 Å². The van der Waals surface area contributed by atoms with Crippen molar-refractivity contribution in [3.05, 3.63) is 29.8 Å². The van der Waals surface area contributed by atoms with Crippen molar-refractivity contribution in [2.24, 2.45) is 0 Å². The zero-order chi connectivity index (χ0) is 13.7. The van der Waals surface area contributed by atoms with E-state index in [0.29, 0.717) is 11.0 Å². The highest BCUT2D eigenvalue weighted by Crippen LogP contribution is 2.14. The molecule has 1 aromatic rings. The molecular weight excluding hydrogens is 262 g/mol. The predicted octanol–water partition coefficient (Wildman–Crippen LogP) is 1.75. The lowest BCUT2D eigenvalue weighted by molar-refractivity contribution is 0.104. The van der Waals surface area contributed by atoms with Gasteiger partial charge in [-0.3, -0.25) is 0 Å². The molecule has 1 aromatic carbocycles. The molecule has 4 nitrogen and oxygen atoms in total. The van der Waals surface area contributed by atoms with Crippen LogP contribution in [0.4, 0.5) is 0 Å². The van der Waals surface area contributed by atoms with E-state index in [1.807, 2.05) is 12.1 Å². The average molecular weight is 283 g/mol. The molecule has 1 aliphatic rings. The highest BCUT2D eigenvalue weighted by atomic mass is 32.2. The highest BCUT2D eigenvalue weighted by Gasteiger charge is 2.14. The first-order valence-electron chi connectivity index (χ1n) is 6.67. The fourth-order valence-corrected chi connectivity index (χ4v) is 2.85. The van der Waals surface area contributed by atoms with Gasteiger partial charge in [-0.2, -0.15) is 0 Å². The largest absolute Gasteiger partial charge is 0.378 e. The molecule has 1 unspecified atom stereocenters. The van der Waals surface area contributed by atoms with Crippen LogP contribution < -0.4 is 5.32 Å². The molecule has 1 atom stereocenters. The van der Waals surface area contributed by atoms with Crippen LogP contribution in [0, 0.1) is 0 Å². The monoisotopic (exact) mass is 283 g/mol. The van der Waals surface area contributed by atoms with Crippen LogP contribution in [0.25, 0.3) is 0 Å². The molecule has 1 aliphatic heterocycles. The number of benzene rings is 1. The normalized spacial score (nSPS) is 19.7. The first-order chi connectivity index (χ1) is 9.05. The molecule has 5 heteroatoms. The van der Waals surface area contributed by atoms with Crippen molar-refractivity contribution < 1.29 is 13.2 Å². The minimum atomic E-state index is -3.09. The number of nitrogens with one attached hydrogen (secondary N) is 1. The Kier molecular flexibility index (Phi) is 4.96. The number of ether oxygens (including phenoxy) is 1. The maximum atomic E-state index is 11.3. The van der Waals surface area contributed by atoms with Crippen molar-refractivity contribution in [3.63, 3.8) is 0 Å². The molecule has 2 rings (SSSR count). The van der Waals surface area contributed by atoms with E-state index in [-0.39, 0.29) is 0 Å². The van der Waals surface area contributed by atoms with Crippen LogP contribution in [-0.4, -0.2) is 33.9 Å². The number of hydrogen-bond acceptors (Lipinski definition) is 4. The molecule has 0 saturated carbocycles. The van der Waals surface area contributed by atoms with Crippen molar-refractivity contribution in [1.29, 1.82) is 0 Å². The molecule has 0 radical (unpaired) electrons. The van der Waals surface area contributed by atoms with Gasteiger partial charge >= 0.3 is 0 Å². The Morgan fingerprint density at radius 1 is 1.32 bits per heavy atom. The number of hydrogen-bond donors (Lipinski definition) is 1. The Bertz CT molecular complexity index is 490. The Hall–Kier alpha value is -0.910. The van der Waals surface area contributed by atoms with Gasteiger partial charge in [0, 0.05) is 19.4 Å². The standard InChI is InChI=1S/C14H21NO3S/c1-19(16,17)14-6-4-12(5-7-14)11-15-9-8-13-3-2-10-18-13/h4-7,13,15H,2-3,8-11H2,1H3. The first-order valence-corrected chi connectivity index (χ1v) is 8.56. The van der Waals surface area contributed by atoms with Crippen LogP contribution in [0.5, 0.6) is 0 Å². The van der Waals surface area contributed by atoms with Gasteiger partial charge in [0.15, 0.2) is 9.84 Å². The summed E-state index contributed by atoms with van der Waals surface area (Å²) in [6.07, 6.45) is 5.03. The van der Waals surface area contributed by atoms with Gasteiger partial charge in [0.2, 0.25) is 0 Å². The number of sulfone groups is 1. The maximum absolute atomic E-state index is 11.3. The summed E-state index contributed by atoms with van der Waals surface area (Å²) in [5.74, 6) is 0. The van der Waals surface area contributed by atoms with Gasteiger partial charge in [-0.05, 0) is 43.5 Å². The highest BCUT2D eigenvalue weighted by molar-refractivity contribution is 7.90. The summed E-state index contributed by atoms with van der Waals surface area (Å²) in [5.41, 5.74) is 1.10. The van der Waals surface area contributed by atoms with E-state index in [1.54, 1.807) is 12.1 Å². The van der Waals surface area contributed by atoms with E-state index < -0.39 is 9.84 Å². The predicted molar refractivity (Wildman–Crippen MR) is 74.8 cm³/mol. The molecule has 0 bridgehead atoms. The SMILES string of the molecule is CS(=O)(=O)c1ccc(CNCCC2CCCO2)cc1. The maximum Gasteiger partial charge on any atom is 0.175 e. The van der Waals surface area contributed by atoms with Gasteiger partial charge in [0.1, 0.15) is 0 Å². The summed E-state index contributed by atoms with van der Waals surface area (Å²) in [5, 5.41) is 3.36. The van der Waals surface area contributed by atoms with Gasteiger partial charge in [0.25, 0.3) is 0 Å².